The lowest BCUT2D eigenvalue weighted by Gasteiger charge is -2.39. The summed E-state index contributed by atoms with van der Waals surface area (Å²) in [6.45, 7) is 8.01. The van der Waals surface area contributed by atoms with Crippen LogP contribution in [0.4, 0.5) is 0 Å². The minimum Gasteiger partial charge on any atom is -0.489 e. The molecule has 35 heavy (non-hydrogen) atoms. The number of hydrogen-bond acceptors (Lipinski definition) is 3. The summed E-state index contributed by atoms with van der Waals surface area (Å²) in [6, 6.07) is 22.6. The van der Waals surface area contributed by atoms with E-state index in [0.717, 1.165) is 50.8 Å². The van der Waals surface area contributed by atoms with Crippen LogP contribution in [0.2, 0.25) is 0 Å². The summed E-state index contributed by atoms with van der Waals surface area (Å²) in [7, 11) is 0. The Labute approximate surface area is 225 Å². The molecule has 2 saturated heterocycles. The summed E-state index contributed by atoms with van der Waals surface area (Å²) >= 11 is 7.26. The van der Waals surface area contributed by atoms with Crippen molar-refractivity contribution in [3.8, 4) is 11.5 Å². The van der Waals surface area contributed by atoms with Crippen molar-refractivity contribution in [1.29, 1.82) is 0 Å². The molecule has 5 rings (SSSR count). The van der Waals surface area contributed by atoms with Gasteiger partial charge in [0.2, 0.25) is 0 Å². The van der Waals surface area contributed by atoms with Gasteiger partial charge >= 0.3 is 0 Å². The quantitative estimate of drug-likeness (QED) is 0.260. The predicted octanol–water partition coefficient (Wildman–Crippen LogP) is 8.51. The van der Waals surface area contributed by atoms with E-state index in [2.05, 4.69) is 76.9 Å². The van der Waals surface area contributed by atoms with Crippen LogP contribution in [0.5, 0.6) is 11.5 Å². The molecule has 0 radical (unpaired) electrons. The Hall–Kier alpha value is -1.82. The minimum atomic E-state index is -0.0668. The van der Waals surface area contributed by atoms with E-state index < -0.39 is 0 Å². The average molecular weight is 600 g/mol. The molecule has 3 aromatic carbocycles. The van der Waals surface area contributed by atoms with Crippen LogP contribution in [0.25, 0.3) is 0 Å². The second kappa shape index (κ2) is 9.91. The van der Waals surface area contributed by atoms with Crippen molar-refractivity contribution in [2.75, 3.05) is 0 Å². The standard InChI is InChI=1S/C30H32Br2O3/c1-29(2)27(30(3)15-14-28(29)35-30)16-20-12-13-23(33-18-21-8-4-6-10-24(21)31)17-26(20)34-19-22-9-5-7-11-25(22)32/h4-13,17,27-28H,14-16,18-19H2,1-3H3/t27-,28-,30+/m1/s1. The van der Waals surface area contributed by atoms with Crippen molar-refractivity contribution in [2.24, 2.45) is 11.3 Å². The normalized spacial score (nSPS) is 24.5. The smallest absolute Gasteiger partial charge is 0.126 e. The monoisotopic (exact) mass is 598 g/mol. The molecule has 3 aromatic rings. The summed E-state index contributed by atoms with van der Waals surface area (Å²) in [5, 5.41) is 0. The lowest BCUT2D eigenvalue weighted by atomic mass is 9.62. The predicted molar refractivity (Wildman–Crippen MR) is 147 cm³/mol. The number of rotatable bonds is 8. The number of ether oxygens (including phenoxy) is 3. The van der Waals surface area contributed by atoms with E-state index in [0.29, 0.717) is 25.2 Å². The van der Waals surface area contributed by atoms with Crippen molar-refractivity contribution >= 4 is 31.9 Å². The highest BCUT2D eigenvalue weighted by atomic mass is 79.9. The van der Waals surface area contributed by atoms with E-state index >= 15 is 0 Å². The van der Waals surface area contributed by atoms with Gasteiger partial charge < -0.3 is 14.2 Å². The van der Waals surface area contributed by atoms with Gasteiger partial charge in [-0.15, -0.1) is 0 Å². The molecule has 3 nitrogen and oxygen atoms in total. The Morgan fingerprint density at radius 2 is 1.46 bits per heavy atom. The van der Waals surface area contributed by atoms with Crippen LogP contribution in [0, 0.1) is 11.3 Å². The SMILES string of the molecule is CC1(C)[C@@H](Cc2ccc(OCc3ccccc3Br)cc2OCc2ccccc2Br)[C@]2(C)CC[C@H]1O2. The molecule has 184 valence electrons. The maximum absolute atomic E-state index is 6.49. The molecule has 2 heterocycles. The summed E-state index contributed by atoms with van der Waals surface area (Å²) < 4.78 is 21.2. The first kappa shape index (κ1) is 24.9. The molecule has 0 spiro atoms. The Morgan fingerprint density at radius 3 is 2.06 bits per heavy atom. The van der Waals surface area contributed by atoms with Crippen molar-refractivity contribution < 1.29 is 14.2 Å². The number of hydrogen-bond donors (Lipinski definition) is 0. The van der Waals surface area contributed by atoms with Crippen molar-refractivity contribution in [1.82, 2.24) is 0 Å². The first-order chi connectivity index (χ1) is 16.8. The summed E-state index contributed by atoms with van der Waals surface area (Å²) in [6.07, 6.45) is 3.56. The molecule has 2 fully saturated rings. The van der Waals surface area contributed by atoms with Gasteiger partial charge in [-0.25, -0.2) is 0 Å². The molecular weight excluding hydrogens is 568 g/mol. The van der Waals surface area contributed by atoms with Gasteiger partial charge in [0, 0.05) is 26.1 Å². The second-order valence-corrected chi connectivity index (χ2v) is 12.3. The zero-order valence-electron chi connectivity index (χ0n) is 20.5. The fourth-order valence-corrected chi connectivity index (χ4v) is 6.62. The average Bonchev–Trinajstić information content (AvgIpc) is 3.32. The fourth-order valence-electron chi connectivity index (χ4n) is 5.83. The van der Waals surface area contributed by atoms with Crippen molar-refractivity contribution in [3.63, 3.8) is 0 Å². The summed E-state index contributed by atoms with van der Waals surface area (Å²) in [4.78, 5) is 0. The van der Waals surface area contributed by atoms with Crippen LogP contribution >= 0.6 is 31.9 Å². The van der Waals surface area contributed by atoms with Gasteiger partial charge in [-0.05, 0) is 61.3 Å². The van der Waals surface area contributed by atoms with Crippen LogP contribution < -0.4 is 9.47 Å². The maximum atomic E-state index is 6.49. The lowest BCUT2D eigenvalue weighted by Crippen LogP contribution is -2.41. The van der Waals surface area contributed by atoms with Crippen molar-refractivity contribution in [3.05, 3.63) is 92.4 Å². The fraction of sp³-hybridized carbons (Fsp3) is 0.400. The first-order valence-electron chi connectivity index (χ1n) is 12.3. The minimum absolute atomic E-state index is 0.0668. The van der Waals surface area contributed by atoms with Gasteiger partial charge in [0.05, 0.1) is 11.7 Å². The third-order valence-electron chi connectivity index (χ3n) is 7.94. The van der Waals surface area contributed by atoms with Gasteiger partial charge in [-0.2, -0.15) is 0 Å². The molecule has 0 aliphatic carbocycles. The Balaban J connectivity index is 1.40. The van der Waals surface area contributed by atoms with E-state index in [1.54, 1.807) is 0 Å². The number of benzene rings is 3. The van der Waals surface area contributed by atoms with Gasteiger partial charge in [0.1, 0.15) is 24.7 Å². The highest BCUT2D eigenvalue weighted by Crippen LogP contribution is 2.58. The van der Waals surface area contributed by atoms with Crippen LogP contribution in [0.3, 0.4) is 0 Å². The van der Waals surface area contributed by atoms with E-state index in [1.165, 1.54) is 5.56 Å². The number of fused-ring (bicyclic) bond motifs is 2. The molecule has 2 aliphatic heterocycles. The van der Waals surface area contributed by atoms with E-state index in [9.17, 15) is 0 Å². The Kier molecular flexibility index (Phi) is 7.04. The molecule has 5 heteroatoms. The molecule has 2 aliphatic rings. The number of halogens is 2. The van der Waals surface area contributed by atoms with Crippen molar-refractivity contribution in [2.45, 2.75) is 65.0 Å². The topological polar surface area (TPSA) is 27.7 Å². The molecule has 0 unspecified atom stereocenters. The largest absolute Gasteiger partial charge is 0.489 e. The Morgan fingerprint density at radius 1 is 0.829 bits per heavy atom. The highest BCUT2D eigenvalue weighted by molar-refractivity contribution is 9.10. The molecule has 0 saturated carbocycles. The van der Waals surface area contributed by atoms with E-state index in [4.69, 9.17) is 14.2 Å². The van der Waals surface area contributed by atoms with Gasteiger partial charge in [0.15, 0.2) is 0 Å². The van der Waals surface area contributed by atoms with Crippen LogP contribution in [-0.2, 0) is 24.4 Å². The first-order valence-corrected chi connectivity index (χ1v) is 13.9. The molecular formula is C30H32Br2O3. The van der Waals surface area contributed by atoms with Gasteiger partial charge in [-0.3, -0.25) is 0 Å². The lowest BCUT2D eigenvalue weighted by molar-refractivity contribution is 0.00592. The molecule has 0 aromatic heterocycles. The zero-order chi connectivity index (χ0) is 24.6. The summed E-state index contributed by atoms with van der Waals surface area (Å²) in [5.41, 5.74) is 3.51. The molecule has 2 bridgehead atoms. The maximum Gasteiger partial charge on any atom is 0.126 e. The van der Waals surface area contributed by atoms with Crippen LogP contribution in [-0.4, -0.2) is 11.7 Å². The molecule has 0 amide bonds. The second-order valence-electron chi connectivity index (χ2n) is 10.6. The summed E-state index contributed by atoms with van der Waals surface area (Å²) in [5.74, 6) is 2.13. The zero-order valence-corrected chi connectivity index (χ0v) is 23.7. The van der Waals surface area contributed by atoms with E-state index in [1.807, 2.05) is 42.5 Å². The van der Waals surface area contributed by atoms with Gasteiger partial charge in [-0.1, -0.05) is 88.2 Å². The third-order valence-corrected chi connectivity index (χ3v) is 9.48. The third kappa shape index (κ3) is 5.05. The van der Waals surface area contributed by atoms with Gasteiger partial charge in [0.25, 0.3) is 0 Å². The van der Waals surface area contributed by atoms with Crippen LogP contribution in [0.15, 0.2) is 75.7 Å². The highest BCUT2D eigenvalue weighted by Gasteiger charge is 2.60. The molecule has 0 N–H and O–H groups in total. The van der Waals surface area contributed by atoms with Crippen LogP contribution in [0.1, 0.15) is 50.3 Å². The molecule has 3 atom stereocenters. The van der Waals surface area contributed by atoms with E-state index in [-0.39, 0.29) is 11.0 Å². The Bertz CT molecular complexity index is 1200.